The van der Waals surface area contributed by atoms with Gasteiger partial charge in [0, 0.05) is 30.4 Å². The molecule has 2 N–H and O–H groups in total. The number of aliphatic hydroxyl groups is 1. The molecule has 1 amide bonds. The molecule has 106 valence electrons. The molecule has 1 aromatic carbocycles. The first kappa shape index (κ1) is 15.5. The SMILES string of the molecule is CCCNc1ccc(C(=O)N(CCO)C(C)C)cc1. The minimum atomic E-state index is -0.0360. The largest absolute Gasteiger partial charge is 0.395 e. The molecule has 0 spiro atoms. The van der Waals surface area contributed by atoms with E-state index in [-0.39, 0.29) is 18.6 Å². The molecule has 0 aliphatic heterocycles. The van der Waals surface area contributed by atoms with Gasteiger partial charge in [-0.25, -0.2) is 0 Å². The Balaban J connectivity index is 2.75. The molecule has 0 saturated carbocycles. The Hall–Kier alpha value is -1.55. The molecule has 1 rings (SSSR count). The van der Waals surface area contributed by atoms with Crippen molar-refractivity contribution in [2.45, 2.75) is 33.2 Å². The normalized spacial score (nSPS) is 10.6. The Kier molecular flexibility index (Phi) is 6.36. The quantitative estimate of drug-likeness (QED) is 0.795. The summed E-state index contributed by atoms with van der Waals surface area (Å²) < 4.78 is 0. The number of benzene rings is 1. The third-order valence-corrected chi connectivity index (χ3v) is 2.94. The summed E-state index contributed by atoms with van der Waals surface area (Å²) in [6.45, 7) is 7.29. The molecular formula is C15H24N2O2. The Morgan fingerprint density at radius 3 is 2.42 bits per heavy atom. The van der Waals surface area contributed by atoms with E-state index in [1.807, 2.05) is 38.1 Å². The molecule has 0 bridgehead atoms. The van der Waals surface area contributed by atoms with Gasteiger partial charge in [-0.1, -0.05) is 6.92 Å². The third kappa shape index (κ3) is 4.56. The molecule has 0 fully saturated rings. The van der Waals surface area contributed by atoms with E-state index < -0.39 is 0 Å². The van der Waals surface area contributed by atoms with Gasteiger partial charge in [-0.2, -0.15) is 0 Å². The van der Waals surface area contributed by atoms with Gasteiger partial charge in [0.1, 0.15) is 0 Å². The maximum absolute atomic E-state index is 12.3. The smallest absolute Gasteiger partial charge is 0.254 e. The van der Waals surface area contributed by atoms with Crippen LogP contribution in [0.1, 0.15) is 37.6 Å². The average Bonchev–Trinajstić information content (AvgIpc) is 2.42. The lowest BCUT2D eigenvalue weighted by Gasteiger charge is -2.26. The number of aliphatic hydroxyl groups excluding tert-OH is 1. The van der Waals surface area contributed by atoms with Gasteiger partial charge in [0.25, 0.3) is 5.91 Å². The second-order valence-corrected chi connectivity index (χ2v) is 4.82. The molecule has 1 aromatic rings. The zero-order chi connectivity index (χ0) is 14.3. The third-order valence-electron chi connectivity index (χ3n) is 2.94. The summed E-state index contributed by atoms with van der Waals surface area (Å²) in [5.41, 5.74) is 1.68. The van der Waals surface area contributed by atoms with Crippen LogP contribution < -0.4 is 5.32 Å². The van der Waals surface area contributed by atoms with Crippen LogP contribution in [-0.4, -0.2) is 41.7 Å². The van der Waals surface area contributed by atoms with Crippen LogP contribution in [0.5, 0.6) is 0 Å². The number of hydrogen-bond acceptors (Lipinski definition) is 3. The standard InChI is InChI=1S/C15H24N2O2/c1-4-9-16-14-7-5-13(6-8-14)15(19)17(10-11-18)12(2)3/h5-8,12,16,18H,4,9-11H2,1-3H3. The molecule has 0 atom stereocenters. The average molecular weight is 264 g/mol. The second-order valence-electron chi connectivity index (χ2n) is 4.82. The molecule has 0 radical (unpaired) electrons. The van der Waals surface area contributed by atoms with Crippen molar-refractivity contribution in [3.8, 4) is 0 Å². The highest BCUT2D eigenvalue weighted by Crippen LogP contribution is 2.13. The second kappa shape index (κ2) is 7.79. The van der Waals surface area contributed by atoms with E-state index in [1.54, 1.807) is 4.90 Å². The van der Waals surface area contributed by atoms with Crippen molar-refractivity contribution >= 4 is 11.6 Å². The molecule has 0 heterocycles. The van der Waals surface area contributed by atoms with Crippen molar-refractivity contribution < 1.29 is 9.90 Å². The fraction of sp³-hybridized carbons (Fsp3) is 0.533. The van der Waals surface area contributed by atoms with Gasteiger partial charge < -0.3 is 15.3 Å². The van der Waals surface area contributed by atoms with Gasteiger partial charge in [0.15, 0.2) is 0 Å². The Morgan fingerprint density at radius 2 is 1.95 bits per heavy atom. The number of nitrogens with zero attached hydrogens (tertiary/aromatic N) is 1. The fourth-order valence-electron chi connectivity index (χ4n) is 1.87. The molecule has 0 unspecified atom stereocenters. The molecular weight excluding hydrogens is 240 g/mol. The first-order valence-corrected chi connectivity index (χ1v) is 6.86. The molecule has 0 saturated heterocycles. The Morgan fingerprint density at radius 1 is 1.32 bits per heavy atom. The van der Waals surface area contributed by atoms with Crippen LogP contribution in [0.3, 0.4) is 0 Å². The summed E-state index contributed by atoms with van der Waals surface area (Å²) in [6.07, 6.45) is 1.07. The lowest BCUT2D eigenvalue weighted by molar-refractivity contribution is 0.0665. The Bertz CT molecular complexity index is 388. The van der Waals surface area contributed by atoms with E-state index in [4.69, 9.17) is 5.11 Å². The van der Waals surface area contributed by atoms with Gasteiger partial charge in [-0.15, -0.1) is 0 Å². The highest BCUT2D eigenvalue weighted by Gasteiger charge is 2.17. The van der Waals surface area contributed by atoms with Crippen LogP contribution in [0.15, 0.2) is 24.3 Å². The van der Waals surface area contributed by atoms with Crippen LogP contribution in [0.25, 0.3) is 0 Å². The van der Waals surface area contributed by atoms with Crippen LogP contribution in [0.2, 0.25) is 0 Å². The maximum atomic E-state index is 12.3. The van der Waals surface area contributed by atoms with Gasteiger partial charge >= 0.3 is 0 Å². The van der Waals surface area contributed by atoms with Crippen molar-refractivity contribution in [1.82, 2.24) is 4.90 Å². The predicted octanol–water partition coefficient (Wildman–Crippen LogP) is 2.35. The summed E-state index contributed by atoms with van der Waals surface area (Å²) >= 11 is 0. The van der Waals surface area contributed by atoms with E-state index in [0.717, 1.165) is 18.7 Å². The molecule has 4 nitrogen and oxygen atoms in total. The zero-order valence-corrected chi connectivity index (χ0v) is 12.0. The lowest BCUT2D eigenvalue weighted by Crippen LogP contribution is -2.38. The van der Waals surface area contributed by atoms with E-state index in [0.29, 0.717) is 12.1 Å². The van der Waals surface area contributed by atoms with Crippen LogP contribution in [0.4, 0.5) is 5.69 Å². The number of carbonyl (C=O) groups excluding carboxylic acids is 1. The molecule has 19 heavy (non-hydrogen) atoms. The van der Waals surface area contributed by atoms with E-state index >= 15 is 0 Å². The summed E-state index contributed by atoms with van der Waals surface area (Å²) in [5, 5.41) is 12.3. The summed E-state index contributed by atoms with van der Waals surface area (Å²) in [6, 6.07) is 7.57. The highest BCUT2D eigenvalue weighted by atomic mass is 16.3. The van der Waals surface area contributed by atoms with E-state index in [2.05, 4.69) is 12.2 Å². The van der Waals surface area contributed by atoms with E-state index in [9.17, 15) is 4.79 Å². The monoisotopic (exact) mass is 264 g/mol. The van der Waals surface area contributed by atoms with Gasteiger partial charge in [-0.3, -0.25) is 4.79 Å². The molecule has 4 heteroatoms. The van der Waals surface area contributed by atoms with Crippen molar-refractivity contribution in [2.24, 2.45) is 0 Å². The fourth-order valence-corrected chi connectivity index (χ4v) is 1.87. The number of hydrogen-bond donors (Lipinski definition) is 2. The van der Waals surface area contributed by atoms with Crippen LogP contribution >= 0.6 is 0 Å². The molecule has 0 aliphatic carbocycles. The van der Waals surface area contributed by atoms with Gasteiger partial charge in [-0.05, 0) is 44.5 Å². The molecule has 0 aliphatic rings. The van der Waals surface area contributed by atoms with Crippen LogP contribution in [0, 0.1) is 0 Å². The summed E-state index contributed by atoms with van der Waals surface area (Å²) in [4.78, 5) is 14.0. The number of carbonyl (C=O) groups is 1. The summed E-state index contributed by atoms with van der Waals surface area (Å²) in [7, 11) is 0. The first-order valence-electron chi connectivity index (χ1n) is 6.86. The van der Waals surface area contributed by atoms with Gasteiger partial charge in [0.05, 0.1) is 6.61 Å². The predicted molar refractivity (Wildman–Crippen MR) is 78.5 cm³/mol. The first-order chi connectivity index (χ1) is 9.10. The maximum Gasteiger partial charge on any atom is 0.254 e. The number of rotatable bonds is 7. The minimum absolute atomic E-state index is 0.0138. The number of nitrogens with one attached hydrogen (secondary N) is 1. The van der Waals surface area contributed by atoms with Crippen molar-refractivity contribution in [1.29, 1.82) is 0 Å². The zero-order valence-electron chi connectivity index (χ0n) is 12.0. The lowest BCUT2D eigenvalue weighted by atomic mass is 10.1. The molecule has 0 aromatic heterocycles. The van der Waals surface area contributed by atoms with Gasteiger partial charge in [0.2, 0.25) is 0 Å². The van der Waals surface area contributed by atoms with Crippen LogP contribution in [-0.2, 0) is 0 Å². The van der Waals surface area contributed by atoms with Crippen molar-refractivity contribution in [3.05, 3.63) is 29.8 Å². The minimum Gasteiger partial charge on any atom is -0.395 e. The Labute approximate surface area is 115 Å². The number of amides is 1. The van der Waals surface area contributed by atoms with E-state index in [1.165, 1.54) is 0 Å². The van der Waals surface area contributed by atoms with Crippen molar-refractivity contribution in [3.63, 3.8) is 0 Å². The highest BCUT2D eigenvalue weighted by molar-refractivity contribution is 5.94. The number of anilines is 1. The topological polar surface area (TPSA) is 52.6 Å². The summed E-state index contributed by atoms with van der Waals surface area (Å²) in [5.74, 6) is -0.0360. The van der Waals surface area contributed by atoms with Crippen molar-refractivity contribution in [2.75, 3.05) is 25.0 Å².